The summed E-state index contributed by atoms with van der Waals surface area (Å²) in [6.45, 7) is 5.07. The summed E-state index contributed by atoms with van der Waals surface area (Å²) < 4.78 is 15.5. The van der Waals surface area contributed by atoms with Crippen LogP contribution in [0.15, 0.2) is 18.2 Å². The molecule has 2 heterocycles. The number of amides is 1. The van der Waals surface area contributed by atoms with Crippen LogP contribution in [0.2, 0.25) is 5.02 Å². The van der Waals surface area contributed by atoms with Gasteiger partial charge in [-0.05, 0) is 44.4 Å². The third kappa shape index (κ3) is 3.33. The van der Waals surface area contributed by atoms with Crippen molar-refractivity contribution in [1.29, 1.82) is 0 Å². The van der Waals surface area contributed by atoms with Gasteiger partial charge in [0.2, 0.25) is 0 Å². The Balaban J connectivity index is 1.54. The number of carbonyl (C=O) groups excluding carboxylic acids is 1. The Morgan fingerprint density at radius 3 is 2.77 bits per heavy atom. The molecule has 1 aliphatic heterocycles. The molecule has 6 nitrogen and oxygen atoms in total. The number of nitrogens with zero attached hydrogens (tertiary/aromatic N) is 5. The van der Waals surface area contributed by atoms with Crippen molar-refractivity contribution in [2.24, 2.45) is 0 Å². The summed E-state index contributed by atoms with van der Waals surface area (Å²) in [6.07, 6.45) is 3.50. The first-order valence-electron chi connectivity index (χ1n) is 8.95. The molecule has 138 valence electrons. The van der Waals surface area contributed by atoms with Gasteiger partial charge in [0.1, 0.15) is 11.5 Å². The van der Waals surface area contributed by atoms with E-state index in [0.717, 1.165) is 19.5 Å². The van der Waals surface area contributed by atoms with Crippen LogP contribution in [0.1, 0.15) is 35.4 Å². The number of rotatable bonds is 3. The molecule has 1 aromatic carbocycles. The van der Waals surface area contributed by atoms with E-state index in [1.807, 2.05) is 4.90 Å². The highest BCUT2D eigenvalue weighted by Gasteiger charge is 2.32. The summed E-state index contributed by atoms with van der Waals surface area (Å²) in [4.78, 5) is 17.2. The Kier molecular flexibility index (Phi) is 4.67. The molecule has 2 aliphatic rings. The van der Waals surface area contributed by atoms with Crippen molar-refractivity contribution in [1.82, 2.24) is 24.8 Å². The van der Waals surface area contributed by atoms with Crippen LogP contribution < -0.4 is 0 Å². The maximum atomic E-state index is 14.2. The maximum Gasteiger partial charge on any atom is 0.276 e. The lowest BCUT2D eigenvalue weighted by Gasteiger charge is -2.21. The predicted molar refractivity (Wildman–Crippen MR) is 96.2 cm³/mol. The molecule has 1 amide bonds. The van der Waals surface area contributed by atoms with Crippen molar-refractivity contribution in [2.45, 2.75) is 32.2 Å². The molecule has 8 heteroatoms. The molecule has 1 saturated carbocycles. The third-order valence-corrected chi connectivity index (χ3v) is 5.35. The first-order chi connectivity index (χ1) is 12.5. The second-order valence-electron chi connectivity index (χ2n) is 6.94. The lowest BCUT2D eigenvalue weighted by atomic mass is 10.2. The van der Waals surface area contributed by atoms with Gasteiger partial charge in [-0.1, -0.05) is 16.8 Å². The van der Waals surface area contributed by atoms with E-state index < -0.39 is 5.82 Å². The molecule has 1 aromatic heterocycles. The summed E-state index contributed by atoms with van der Waals surface area (Å²) in [5.74, 6) is -0.639. The minimum Gasteiger partial charge on any atom is -0.336 e. The molecule has 26 heavy (non-hydrogen) atoms. The summed E-state index contributed by atoms with van der Waals surface area (Å²) >= 11 is 5.81. The average Bonchev–Trinajstić information content (AvgIpc) is 3.40. The predicted octanol–water partition coefficient (Wildman–Crippen LogP) is 2.68. The number of benzene rings is 1. The lowest BCUT2D eigenvalue weighted by Crippen LogP contribution is -2.36. The van der Waals surface area contributed by atoms with Crippen LogP contribution in [0, 0.1) is 12.7 Å². The Morgan fingerprint density at radius 2 is 2.04 bits per heavy atom. The van der Waals surface area contributed by atoms with Gasteiger partial charge in [0.25, 0.3) is 5.91 Å². The van der Waals surface area contributed by atoms with E-state index in [2.05, 4.69) is 15.2 Å². The van der Waals surface area contributed by atoms with E-state index in [1.54, 1.807) is 13.0 Å². The molecule has 0 bridgehead atoms. The molecule has 0 N–H and O–H groups in total. The molecule has 1 saturated heterocycles. The van der Waals surface area contributed by atoms with Crippen LogP contribution in [0.4, 0.5) is 4.39 Å². The second-order valence-corrected chi connectivity index (χ2v) is 7.38. The van der Waals surface area contributed by atoms with Crippen LogP contribution in [-0.4, -0.2) is 62.9 Å². The number of hydrogen-bond acceptors (Lipinski definition) is 4. The molecular weight excluding hydrogens is 357 g/mol. The zero-order chi connectivity index (χ0) is 18.3. The number of halogens is 2. The second kappa shape index (κ2) is 6.96. The SMILES string of the molecule is Cc1c(C(=O)N2CCCN(C3CC3)CC2)nnn1-c1ccc(Cl)cc1F. The van der Waals surface area contributed by atoms with Crippen LogP contribution in [0.3, 0.4) is 0 Å². The number of carbonyl (C=O) groups is 1. The highest BCUT2D eigenvalue weighted by Crippen LogP contribution is 2.27. The van der Waals surface area contributed by atoms with Crippen molar-refractivity contribution in [3.8, 4) is 5.69 Å². The number of aromatic nitrogens is 3. The van der Waals surface area contributed by atoms with Crippen molar-refractivity contribution in [3.63, 3.8) is 0 Å². The number of hydrogen-bond donors (Lipinski definition) is 0. The van der Waals surface area contributed by atoms with Gasteiger partial charge in [-0.25, -0.2) is 9.07 Å². The Morgan fingerprint density at radius 1 is 1.23 bits per heavy atom. The van der Waals surface area contributed by atoms with Crippen molar-refractivity contribution in [3.05, 3.63) is 40.4 Å². The van der Waals surface area contributed by atoms with E-state index in [1.165, 1.54) is 29.7 Å². The molecule has 1 aliphatic carbocycles. The summed E-state index contributed by atoms with van der Waals surface area (Å²) in [7, 11) is 0. The fourth-order valence-corrected chi connectivity index (χ4v) is 3.66. The van der Waals surface area contributed by atoms with Gasteiger partial charge in [-0.2, -0.15) is 0 Å². The molecule has 0 atom stereocenters. The zero-order valence-corrected chi connectivity index (χ0v) is 15.4. The quantitative estimate of drug-likeness (QED) is 0.825. The van der Waals surface area contributed by atoms with Crippen molar-refractivity contribution in [2.75, 3.05) is 26.2 Å². The van der Waals surface area contributed by atoms with Gasteiger partial charge in [-0.3, -0.25) is 9.69 Å². The monoisotopic (exact) mass is 377 g/mol. The fraction of sp³-hybridized carbons (Fsp3) is 0.500. The van der Waals surface area contributed by atoms with Gasteiger partial charge in [0.15, 0.2) is 5.69 Å². The molecule has 0 radical (unpaired) electrons. The van der Waals surface area contributed by atoms with Gasteiger partial charge in [0.05, 0.1) is 5.69 Å². The van der Waals surface area contributed by atoms with E-state index in [0.29, 0.717) is 29.8 Å². The molecule has 2 aromatic rings. The first-order valence-corrected chi connectivity index (χ1v) is 9.33. The lowest BCUT2D eigenvalue weighted by molar-refractivity contribution is 0.0754. The van der Waals surface area contributed by atoms with Crippen LogP contribution in [0.25, 0.3) is 5.69 Å². The summed E-state index contributed by atoms with van der Waals surface area (Å²) in [6, 6.07) is 5.05. The van der Waals surface area contributed by atoms with E-state index >= 15 is 0 Å². The van der Waals surface area contributed by atoms with Gasteiger partial charge >= 0.3 is 0 Å². The minimum atomic E-state index is -0.501. The standard InChI is InChI=1S/C18H21ClFN5O/c1-12-17(21-22-25(12)16-6-3-13(19)11-15(16)20)18(26)24-8-2-7-23(9-10-24)14-4-5-14/h3,6,11,14H,2,4-5,7-10H2,1H3. The van der Waals surface area contributed by atoms with Gasteiger partial charge in [0, 0.05) is 37.2 Å². The summed E-state index contributed by atoms with van der Waals surface area (Å²) in [5.41, 5.74) is 1.04. The van der Waals surface area contributed by atoms with Crippen molar-refractivity contribution >= 4 is 17.5 Å². The molecule has 0 unspecified atom stereocenters. The van der Waals surface area contributed by atoms with Crippen LogP contribution in [-0.2, 0) is 0 Å². The average molecular weight is 378 g/mol. The summed E-state index contributed by atoms with van der Waals surface area (Å²) in [5, 5.41) is 8.34. The van der Waals surface area contributed by atoms with Crippen LogP contribution in [0.5, 0.6) is 0 Å². The smallest absolute Gasteiger partial charge is 0.276 e. The highest BCUT2D eigenvalue weighted by molar-refractivity contribution is 6.30. The Bertz CT molecular complexity index is 835. The van der Waals surface area contributed by atoms with E-state index in [9.17, 15) is 9.18 Å². The Labute approximate surface area is 156 Å². The molecule has 0 spiro atoms. The minimum absolute atomic E-state index is 0.138. The molecule has 4 rings (SSSR count). The first kappa shape index (κ1) is 17.4. The Hall–Kier alpha value is -1.99. The third-order valence-electron chi connectivity index (χ3n) is 5.12. The zero-order valence-electron chi connectivity index (χ0n) is 14.7. The van der Waals surface area contributed by atoms with Gasteiger partial charge in [-0.15, -0.1) is 5.10 Å². The van der Waals surface area contributed by atoms with E-state index in [4.69, 9.17) is 11.6 Å². The maximum absolute atomic E-state index is 14.2. The topological polar surface area (TPSA) is 54.3 Å². The normalized spacial score (nSPS) is 18.8. The van der Waals surface area contributed by atoms with E-state index in [-0.39, 0.29) is 17.3 Å². The fourth-order valence-electron chi connectivity index (χ4n) is 3.50. The van der Waals surface area contributed by atoms with Crippen molar-refractivity contribution < 1.29 is 9.18 Å². The largest absolute Gasteiger partial charge is 0.336 e. The molecule has 2 fully saturated rings. The highest BCUT2D eigenvalue weighted by atomic mass is 35.5. The van der Waals surface area contributed by atoms with Crippen LogP contribution >= 0.6 is 11.6 Å². The van der Waals surface area contributed by atoms with Gasteiger partial charge < -0.3 is 4.90 Å². The molecular formula is C18H21ClFN5O.